The topological polar surface area (TPSA) is 66.5 Å². The van der Waals surface area contributed by atoms with Crippen molar-refractivity contribution in [1.82, 2.24) is 20.5 Å². The van der Waals surface area contributed by atoms with Gasteiger partial charge >= 0.3 is 6.09 Å². The van der Waals surface area contributed by atoms with Crippen LogP contribution in [0.4, 0.5) is 4.79 Å². The standard InChI is InChI=1S/C23H34N4O2S/c1-17-21(30-16-26-17)19-7-8-20(15-25-22(28)29-23(2,3)4)18(14-19)6-5-11-27-12-9-24-10-13-27/h7-8,14,16,24H,5-6,9-13,15H2,1-4H3,(H,25,28). The number of carbonyl (C=O) groups excluding carboxylic acids is 1. The van der Waals surface area contributed by atoms with Gasteiger partial charge in [0.1, 0.15) is 5.60 Å². The molecule has 1 aliphatic rings. The van der Waals surface area contributed by atoms with Gasteiger partial charge in [-0.25, -0.2) is 9.78 Å². The fourth-order valence-corrected chi connectivity index (χ4v) is 4.46. The molecule has 1 aromatic carbocycles. The molecule has 3 rings (SSSR count). The maximum absolute atomic E-state index is 12.1. The van der Waals surface area contributed by atoms with Crippen molar-refractivity contribution in [2.24, 2.45) is 0 Å². The SMILES string of the molecule is Cc1ncsc1-c1ccc(CNC(=O)OC(C)(C)C)c(CCCN2CCNCC2)c1. The van der Waals surface area contributed by atoms with Crippen LogP contribution in [0.1, 0.15) is 44.0 Å². The van der Waals surface area contributed by atoms with Crippen LogP contribution >= 0.6 is 11.3 Å². The van der Waals surface area contributed by atoms with Gasteiger partial charge in [0.05, 0.1) is 16.1 Å². The van der Waals surface area contributed by atoms with Gasteiger partial charge in [-0.05, 0) is 69.8 Å². The van der Waals surface area contributed by atoms with Gasteiger partial charge in [-0.15, -0.1) is 11.3 Å². The molecule has 0 bridgehead atoms. The number of piperazine rings is 1. The molecule has 0 aliphatic carbocycles. The van der Waals surface area contributed by atoms with Crippen LogP contribution in [-0.2, 0) is 17.7 Å². The molecule has 0 spiro atoms. The fraction of sp³-hybridized carbons (Fsp3) is 0.565. The van der Waals surface area contributed by atoms with Crippen molar-refractivity contribution in [3.05, 3.63) is 40.5 Å². The third-order valence-corrected chi connectivity index (χ3v) is 6.14. The summed E-state index contributed by atoms with van der Waals surface area (Å²) in [7, 11) is 0. The minimum absolute atomic E-state index is 0.378. The van der Waals surface area contributed by atoms with E-state index in [1.165, 1.54) is 16.0 Å². The summed E-state index contributed by atoms with van der Waals surface area (Å²) in [6.07, 6.45) is 1.71. The third kappa shape index (κ3) is 6.79. The van der Waals surface area contributed by atoms with Crippen LogP contribution in [0.15, 0.2) is 23.7 Å². The molecule has 0 atom stereocenters. The summed E-state index contributed by atoms with van der Waals surface area (Å²) < 4.78 is 5.39. The van der Waals surface area contributed by atoms with Crippen molar-refractivity contribution in [3.8, 4) is 10.4 Å². The van der Waals surface area contributed by atoms with Gasteiger partial charge in [-0.1, -0.05) is 12.1 Å². The lowest BCUT2D eigenvalue weighted by Gasteiger charge is -2.27. The minimum Gasteiger partial charge on any atom is -0.444 e. The van der Waals surface area contributed by atoms with E-state index < -0.39 is 5.60 Å². The molecule has 1 aliphatic heterocycles. The predicted octanol–water partition coefficient (Wildman–Crippen LogP) is 3.98. The quantitative estimate of drug-likeness (QED) is 0.695. The predicted molar refractivity (Wildman–Crippen MR) is 123 cm³/mol. The highest BCUT2D eigenvalue weighted by molar-refractivity contribution is 7.13. The van der Waals surface area contributed by atoms with Crippen LogP contribution in [0.5, 0.6) is 0 Å². The molecule has 1 amide bonds. The second kappa shape index (κ2) is 10.4. The Balaban J connectivity index is 1.69. The zero-order valence-corrected chi connectivity index (χ0v) is 19.4. The van der Waals surface area contributed by atoms with Crippen LogP contribution in [-0.4, -0.2) is 54.3 Å². The highest BCUT2D eigenvalue weighted by atomic mass is 32.1. The maximum Gasteiger partial charge on any atom is 0.407 e. The number of aryl methyl sites for hydroxylation is 2. The number of carbonyl (C=O) groups is 1. The number of benzene rings is 1. The molecule has 2 N–H and O–H groups in total. The zero-order chi connectivity index (χ0) is 21.6. The van der Waals surface area contributed by atoms with E-state index in [1.54, 1.807) is 11.3 Å². The number of hydrogen-bond donors (Lipinski definition) is 2. The number of ether oxygens (including phenoxy) is 1. The van der Waals surface area contributed by atoms with Crippen molar-refractivity contribution in [3.63, 3.8) is 0 Å². The number of aromatic nitrogens is 1. The van der Waals surface area contributed by atoms with Crippen LogP contribution in [0.2, 0.25) is 0 Å². The molecule has 0 unspecified atom stereocenters. The Morgan fingerprint density at radius 1 is 1.27 bits per heavy atom. The average molecular weight is 431 g/mol. The van der Waals surface area contributed by atoms with Crippen molar-refractivity contribution < 1.29 is 9.53 Å². The highest BCUT2D eigenvalue weighted by Gasteiger charge is 2.17. The number of amides is 1. The molecule has 0 saturated carbocycles. The van der Waals surface area contributed by atoms with Gasteiger partial charge in [-0.2, -0.15) is 0 Å². The smallest absolute Gasteiger partial charge is 0.407 e. The number of alkyl carbamates (subject to hydrolysis) is 1. The maximum atomic E-state index is 12.1. The minimum atomic E-state index is -0.496. The van der Waals surface area contributed by atoms with Crippen LogP contribution in [0, 0.1) is 6.92 Å². The molecular formula is C23H34N4O2S. The Labute approximate surface area is 184 Å². The van der Waals surface area contributed by atoms with Crippen molar-refractivity contribution in [2.75, 3.05) is 32.7 Å². The van der Waals surface area contributed by atoms with Crippen molar-refractivity contribution in [2.45, 2.75) is 52.7 Å². The largest absolute Gasteiger partial charge is 0.444 e. The summed E-state index contributed by atoms with van der Waals surface area (Å²) in [6, 6.07) is 6.53. The van der Waals surface area contributed by atoms with Gasteiger partial charge in [0.25, 0.3) is 0 Å². The summed E-state index contributed by atoms with van der Waals surface area (Å²) in [4.78, 5) is 20.2. The van der Waals surface area contributed by atoms with E-state index in [2.05, 4.69) is 38.7 Å². The lowest BCUT2D eigenvalue weighted by Crippen LogP contribution is -2.43. The van der Waals surface area contributed by atoms with E-state index >= 15 is 0 Å². The van der Waals surface area contributed by atoms with E-state index in [1.807, 2.05) is 33.2 Å². The number of rotatable bonds is 7. The van der Waals surface area contributed by atoms with Crippen LogP contribution in [0.3, 0.4) is 0 Å². The van der Waals surface area contributed by atoms with E-state index in [9.17, 15) is 4.79 Å². The van der Waals surface area contributed by atoms with E-state index in [0.717, 1.165) is 56.8 Å². The number of nitrogens with one attached hydrogen (secondary N) is 2. The molecule has 7 heteroatoms. The Morgan fingerprint density at radius 3 is 2.70 bits per heavy atom. The Bertz CT molecular complexity index is 838. The molecule has 1 fully saturated rings. The second-order valence-electron chi connectivity index (χ2n) is 8.80. The molecule has 6 nitrogen and oxygen atoms in total. The highest BCUT2D eigenvalue weighted by Crippen LogP contribution is 2.29. The summed E-state index contributed by atoms with van der Waals surface area (Å²) in [6.45, 7) is 13.6. The first-order chi connectivity index (χ1) is 14.3. The average Bonchev–Trinajstić information content (AvgIpc) is 3.12. The molecule has 1 aromatic heterocycles. The van der Waals surface area contributed by atoms with Crippen molar-refractivity contribution in [1.29, 1.82) is 0 Å². The lowest BCUT2D eigenvalue weighted by molar-refractivity contribution is 0.0523. The summed E-state index contributed by atoms with van der Waals surface area (Å²) >= 11 is 1.67. The third-order valence-electron chi connectivity index (χ3n) is 5.17. The van der Waals surface area contributed by atoms with Gasteiger partial charge in [0.2, 0.25) is 0 Å². The van der Waals surface area contributed by atoms with Gasteiger partial charge in [0.15, 0.2) is 0 Å². The van der Waals surface area contributed by atoms with E-state index in [4.69, 9.17) is 4.74 Å². The van der Waals surface area contributed by atoms with Gasteiger partial charge in [-0.3, -0.25) is 0 Å². The zero-order valence-electron chi connectivity index (χ0n) is 18.6. The molecule has 1 saturated heterocycles. The molecule has 164 valence electrons. The van der Waals surface area contributed by atoms with E-state index in [-0.39, 0.29) is 6.09 Å². The van der Waals surface area contributed by atoms with Crippen LogP contribution < -0.4 is 10.6 Å². The van der Waals surface area contributed by atoms with Gasteiger partial charge < -0.3 is 20.3 Å². The fourth-order valence-electron chi connectivity index (χ4n) is 3.66. The number of hydrogen-bond acceptors (Lipinski definition) is 6. The number of nitrogens with zero attached hydrogens (tertiary/aromatic N) is 2. The molecule has 30 heavy (non-hydrogen) atoms. The molecular weight excluding hydrogens is 396 g/mol. The second-order valence-corrected chi connectivity index (χ2v) is 9.66. The molecule has 0 radical (unpaired) electrons. The normalized spacial score (nSPS) is 15.2. The first-order valence-corrected chi connectivity index (χ1v) is 11.6. The number of thiazole rings is 1. The molecule has 2 heterocycles. The summed E-state index contributed by atoms with van der Waals surface area (Å²) in [5.41, 5.74) is 6.09. The molecule has 2 aromatic rings. The Hall–Kier alpha value is -1.96. The Morgan fingerprint density at radius 2 is 2.03 bits per heavy atom. The van der Waals surface area contributed by atoms with Crippen LogP contribution in [0.25, 0.3) is 10.4 Å². The summed E-state index contributed by atoms with van der Waals surface area (Å²) in [5.74, 6) is 0. The first kappa shape index (κ1) is 22.7. The Kier molecular flexibility index (Phi) is 7.86. The summed E-state index contributed by atoms with van der Waals surface area (Å²) in [5, 5.41) is 6.32. The first-order valence-electron chi connectivity index (χ1n) is 10.7. The van der Waals surface area contributed by atoms with Gasteiger partial charge in [0, 0.05) is 32.7 Å². The van der Waals surface area contributed by atoms with E-state index in [0.29, 0.717) is 6.54 Å². The monoisotopic (exact) mass is 430 g/mol. The lowest BCUT2D eigenvalue weighted by atomic mass is 9.98. The van der Waals surface area contributed by atoms with Crippen molar-refractivity contribution >= 4 is 17.4 Å².